The van der Waals surface area contributed by atoms with Crippen molar-refractivity contribution < 1.29 is 4.79 Å². The molecule has 1 amide bonds. The summed E-state index contributed by atoms with van der Waals surface area (Å²) in [5.74, 6) is 0.0717. The number of nitrogens with one attached hydrogen (secondary N) is 1. The molecule has 0 aromatic rings. The molecule has 1 fully saturated rings. The van der Waals surface area contributed by atoms with E-state index in [9.17, 15) is 4.79 Å². The van der Waals surface area contributed by atoms with Gasteiger partial charge < -0.3 is 5.32 Å². The molecule has 4 heteroatoms. The van der Waals surface area contributed by atoms with E-state index in [1.807, 2.05) is 13.8 Å². The average molecular weight is 237 g/mol. The summed E-state index contributed by atoms with van der Waals surface area (Å²) >= 11 is 0. The number of carbonyl (C=O) groups excluding carboxylic acids is 1. The number of nitriles is 1. The molecule has 1 N–H and O–H groups in total. The van der Waals surface area contributed by atoms with Crippen molar-refractivity contribution in [3.63, 3.8) is 0 Å². The molecule has 0 saturated carbocycles. The van der Waals surface area contributed by atoms with Gasteiger partial charge in [-0.2, -0.15) is 5.26 Å². The Kier molecular flexibility index (Phi) is 4.95. The van der Waals surface area contributed by atoms with E-state index < -0.39 is 5.54 Å². The second-order valence-electron chi connectivity index (χ2n) is 5.35. The third kappa shape index (κ3) is 4.01. The summed E-state index contributed by atoms with van der Waals surface area (Å²) in [7, 11) is 0. The summed E-state index contributed by atoms with van der Waals surface area (Å²) in [5, 5.41) is 12.0. The van der Waals surface area contributed by atoms with Crippen LogP contribution in [0, 0.1) is 17.2 Å². The van der Waals surface area contributed by atoms with E-state index in [1.165, 1.54) is 19.3 Å². The van der Waals surface area contributed by atoms with Gasteiger partial charge in [-0.15, -0.1) is 0 Å². The second-order valence-corrected chi connectivity index (χ2v) is 5.35. The van der Waals surface area contributed by atoms with Gasteiger partial charge in [0.2, 0.25) is 5.91 Å². The normalized spacial score (nSPS) is 20.6. The lowest BCUT2D eigenvalue weighted by atomic mass is 9.90. The minimum absolute atomic E-state index is 0.0374. The zero-order valence-electron chi connectivity index (χ0n) is 11.1. The molecule has 0 spiro atoms. The Morgan fingerprint density at radius 1 is 1.41 bits per heavy atom. The molecule has 1 aliphatic heterocycles. The summed E-state index contributed by atoms with van der Waals surface area (Å²) in [4.78, 5) is 14.0. The van der Waals surface area contributed by atoms with Gasteiger partial charge in [0.1, 0.15) is 5.54 Å². The first-order chi connectivity index (χ1) is 7.98. The first-order valence-electron chi connectivity index (χ1n) is 6.42. The van der Waals surface area contributed by atoms with E-state index in [-0.39, 0.29) is 11.8 Å². The second kappa shape index (κ2) is 6.02. The zero-order valence-corrected chi connectivity index (χ0v) is 11.1. The molecule has 1 saturated heterocycles. The number of nitrogens with zero attached hydrogens (tertiary/aromatic N) is 2. The van der Waals surface area contributed by atoms with E-state index in [2.05, 4.69) is 16.3 Å². The van der Waals surface area contributed by atoms with E-state index in [0.29, 0.717) is 6.54 Å². The third-order valence-electron chi connectivity index (χ3n) is 3.60. The number of carbonyl (C=O) groups is 1. The number of amides is 1. The lowest BCUT2D eigenvalue weighted by Gasteiger charge is -2.30. The number of likely N-dealkylation sites (tertiary alicyclic amines) is 1. The van der Waals surface area contributed by atoms with Gasteiger partial charge in [0.25, 0.3) is 0 Å². The highest BCUT2D eigenvalue weighted by atomic mass is 16.2. The maximum atomic E-state index is 11.9. The lowest BCUT2D eigenvalue weighted by molar-refractivity contribution is -0.124. The van der Waals surface area contributed by atoms with Gasteiger partial charge >= 0.3 is 0 Å². The lowest BCUT2D eigenvalue weighted by Crippen LogP contribution is -2.52. The maximum Gasteiger partial charge on any atom is 0.235 e. The quantitative estimate of drug-likeness (QED) is 0.806. The first-order valence-corrected chi connectivity index (χ1v) is 6.42. The Labute approximate surface area is 104 Å². The molecular formula is C13H23N3O. The molecule has 1 rings (SSSR count). The van der Waals surface area contributed by atoms with Crippen molar-refractivity contribution >= 4 is 5.91 Å². The van der Waals surface area contributed by atoms with E-state index in [4.69, 9.17) is 5.26 Å². The summed E-state index contributed by atoms with van der Waals surface area (Å²) < 4.78 is 0. The monoisotopic (exact) mass is 237 g/mol. The molecule has 0 aliphatic carbocycles. The van der Waals surface area contributed by atoms with E-state index >= 15 is 0 Å². The van der Waals surface area contributed by atoms with Crippen LogP contribution in [0.3, 0.4) is 0 Å². The molecule has 1 aliphatic rings. The van der Waals surface area contributed by atoms with Gasteiger partial charge in [-0.3, -0.25) is 9.69 Å². The van der Waals surface area contributed by atoms with Crippen LogP contribution in [0.25, 0.3) is 0 Å². The van der Waals surface area contributed by atoms with Gasteiger partial charge in [0.05, 0.1) is 12.6 Å². The minimum atomic E-state index is -0.757. The summed E-state index contributed by atoms with van der Waals surface area (Å²) in [6, 6.07) is 2.20. The van der Waals surface area contributed by atoms with Crippen molar-refractivity contribution in [1.29, 1.82) is 5.26 Å². The Bertz CT molecular complexity index is 302. The third-order valence-corrected chi connectivity index (χ3v) is 3.60. The predicted molar refractivity (Wildman–Crippen MR) is 67.3 cm³/mol. The fourth-order valence-corrected chi connectivity index (χ4v) is 1.95. The van der Waals surface area contributed by atoms with Gasteiger partial charge in [-0.1, -0.05) is 20.3 Å². The maximum absolute atomic E-state index is 11.9. The number of rotatable bonds is 4. The average Bonchev–Trinajstić information content (AvgIpc) is 2.29. The largest absolute Gasteiger partial charge is 0.337 e. The van der Waals surface area contributed by atoms with E-state index in [1.54, 1.807) is 6.92 Å². The standard InChI is InChI=1S/C13H23N3O/c1-11(2)13(3,10-14)15-12(17)9-16-7-5-4-6-8-16/h11H,4-9H2,1-3H3,(H,15,17)/t13-/m1/s1. The van der Waals surface area contributed by atoms with Crippen molar-refractivity contribution in [1.82, 2.24) is 10.2 Å². The highest BCUT2D eigenvalue weighted by Crippen LogP contribution is 2.15. The topological polar surface area (TPSA) is 56.1 Å². The SMILES string of the molecule is CC(C)[C@@](C)(C#N)NC(=O)CN1CCCCC1. The van der Waals surface area contributed by atoms with Crippen LogP contribution in [-0.4, -0.2) is 36.0 Å². The molecule has 4 nitrogen and oxygen atoms in total. The molecule has 17 heavy (non-hydrogen) atoms. The van der Waals surface area contributed by atoms with Crippen LogP contribution in [0.5, 0.6) is 0 Å². The highest BCUT2D eigenvalue weighted by Gasteiger charge is 2.30. The molecule has 0 aromatic carbocycles. The molecule has 0 radical (unpaired) electrons. The van der Waals surface area contributed by atoms with Crippen molar-refractivity contribution in [3.8, 4) is 6.07 Å². The van der Waals surface area contributed by atoms with Crippen molar-refractivity contribution in [2.24, 2.45) is 5.92 Å². The van der Waals surface area contributed by atoms with Crippen LogP contribution in [0.1, 0.15) is 40.0 Å². The fraction of sp³-hybridized carbons (Fsp3) is 0.846. The number of hydrogen-bond acceptors (Lipinski definition) is 3. The Balaban J connectivity index is 2.45. The van der Waals surface area contributed by atoms with Gasteiger partial charge in [-0.05, 0) is 38.8 Å². The van der Waals surface area contributed by atoms with Crippen LogP contribution in [0.15, 0.2) is 0 Å². The first kappa shape index (κ1) is 14.0. The van der Waals surface area contributed by atoms with Gasteiger partial charge in [-0.25, -0.2) is 0 Å². The minimum Gasteiger partial charge on any atom is -0.337 e. The Morgan fingerprint density at radius 3 is 2.47 bits per heavy atom. The van der Waals surface area contributed by atoms with Gasteiger partial charge in [0, 0.05) is 0 Å². The van der Waals surface area contributed by atoms with Crippen LogP contribution in [-0.2, 0) is 4.79 Å². The molecule has 1 heterocycles. The summed E-state index contributed by atoms with van der Waals surface area (Å²) in [5.41, 5.74) is -0.757. The predicted octanol–water partition coefficient (Wildman–Crippen LogP) is 1.53. The molecule has 0 aromatic heterocycles. The Morgan fingerprint density at radius 2 is 2.00 bits per heavy atom. The van der Waals surface area contributed by atoms with Crippen LogP contribution in [0.2, 0.25) is 0 Å². The molecular weight excluding hydrogens is 214 g/mol. The van der Waals surface area contributed by atoms with Crippen LogP contribution >= 0.6 is 0 Å². The Hall–Kier alpha value is -1.08. The van der Waals surface area contributed by atoms with Crippen molar-refractivity contribution in [2.75, 3.05) is 19.6 Å². The number of hydrogen-bond donors (Lipinski definition) is 1. The van der Waals surface area contributed by atoms with Crippen molar-refractivity contribution in [2.45, 2.75) is 45.6 Å². The highest BCUT2D eigenvalue weighted by molar-refractivity contribution is 5.79. The van der Waals surface area contributed by atoms with Crippen molar-refractivity contribution in [3.05, 3.63) is 0 Å². The summed E-state index contributed by atoms with van der Waals surface area (Å²) in [6.45, 7) is 8.10. The number of piperidine rings is 1. The zero-order chi connectivity index (χ0) is 12.9. The smallest absolute Gasteiger partial charge is 0.235 e. The molecule has 1 atom stereocenters. The van der Waals surface area contributed by atoms with E-state index in [0.717, 1.165) is 13.1 Å². The molecule has 0 bridgehead atoms. The van der Waals surface area contributed by atoms with Crippen LogP contribution < -0.4 is 5.32 Å². The fourth-order valence-electron chi connectivity index (χ4n) is 1.95. The van der Waals surface area contributed by atoms with Crippen LogP contribution in [0.4, 0.5) is 0 Å². The molecule has 96 valence electrons. The van der Waals surface area contributed by atoms with Gasteiger partial charge in [0.15, 0.2) is 0 Å². The molecule has 0 unspecified atom stereocenters. The summed E-state index contributed by atoms with van der Waals surface area (Å²) in [6.07, 6.45) is 3.61.